The van der Waals surface area contributed by atoms with Gasteiger partial charge in [-0.05, 0) is 128 Å². The molecule has 0 aromatic heterocycles. The molecule has 1 aliphatic heterocycles. The predicted molar refractivity (Wildman–Crippen MR) is 378 cm³/mol. The number of carbonyl (C=O) groups is 14. The van der Waals surface area contributed by atoms with Crippen molar-refractivity contribution in [3.63, 3.8) is 0 Å². The van der Waals surface area contributed by atoms with E-state index in [-0.39, 0.29) is 115 Å². The van der Waals surface area contributed by atoms with Gasteiger partial charge in [-0.15, -0.1) is 0 Å². The number of hydrogen-bond donors (Lipinski definition) is 22. The van der Waals surface area contributed by atoms with Gasteiger partial charge in [-0.25, -0.2) is 0 Å². The molecule has 38 heteroatoms. The van der Waals surface area contributed by atoms with Gasteiger partial charge < -0.3 is 120 Å². The van der Waals surface area contributed by atoms with Crippen molar-refractivity contribution < 1.29 is 72.2 Å². The lowest BCUT2D eigenvalue weighted by Gasteiger charge is -2.27. The molecule has 1 heterocycles. The molecule has 1 aliphatic rings. The zero-order valence-electron chi connectivity index (χ0n) is 58.3. The molecule has 103 heavy (non-hydrogen) atoms. The molecule has 0 aliphatic carbocycles. The summed E-state index contributed by atoms with van der Waals surface area (Å²) in [6, 6.07) is 3.29. The Morgan fingerprint density at radius 1 is 0.544 bits per heavy atom. The minimum Gasteiger partial charge on any atom is -0.391 e. The number of carbonyl (C=O) groups excluding carboxylic acids is 14. The van der Waals surface area contributed by atoms with E-state index in [1.807, 2.05) is 0 Å². The van der Waals surface area contributed by atoms with Crippen molar-refractivity contribution in [3.8, 4) is 0 Å². The molecule has 1 fully saturated rings. The summed E-state index contributed by atoms with van der Waals surface area (Å²) >= 11 is 0. The maximum atomic E-state index is 14.4. The second-order valence-corrected chi connectivity index (χ2v) is 24.6. The number of aliphatic imine (C=N–C) groups is 2. The first-order chi connectivity index (χ1) is 49.0. The van der Waals surface area contributed by atoms with Gasteiger partial charge in [0.05, 0.1) is 38.2 Å². The molecule has 0 radical (unpaired) electrons. The van der Waals surface area contributed by atoms with Crippen LogP contribution in [0.3, 0.4) is 0 Å². The third kappa shape index (κ3) is 35.0. The zero-order chi connectivity index (χ0) is 76.4. The van der Waals surface area contributed by atoms with Crippen molar-refractivity contribution in [2.45, 2.75) is 183 Å². The minimum atomic E-state index is -1.78. The standard InChI is InChI=1S/C65H105N23O15/c1-37(55(95)84-45(24-15-29-75-64(70)71)58(98)83-42(54(69)94)21-9-12-26-66)80-57(97)43-23-11-14-28-74-49(90)33-48(61(101)87-46(25-16-30-76-65(72)73)60(100)86-44(59(99)85-43)22-10-13-27-67)82-52(93)36-79-63(103)53(38(2)89)88-62(102)47(32-40-19-7-4-8-20-40)81-51(92)35-77-50(91)34-78-56(96)41(68)31-39-17-5-3-6-18-39/h3-8,17-20,37-38,41-48,53,89H,9-16,21-36,66-68H2,1-2H3,(H2,69,94)(H,74,90)(H,77,91)(H,78,96)(H,79,103)(H,80,97)(H,81,92)(H,82,93)(H,83,98)(H,84,95)(H,85,99)(H,86,100)(H,87,101)(H,88,102)(H4,70,71,75)(H4,72,73,76)/t37-,38+,41-,42-,43-,44-,45-,46-,47-,48-,53-/m0/s1. The molecule has 38 nitrogen and oxygen atoms in total. The van der Waals surface area contributed by atoms with Crippen LogP contribution in [-0.4, -0.2) is 219 Å². The summed E-state index contributed by atoms with van der Waals surface area (Å²) in [6.07, 6.45) is -0.420. The lowest BCUT2D eigenvalue weighted by atomic mass is 10.0. The van der Waals surface area contributed by atoms with Gasteiger partial charge in [0.15, 0.2) is 11.9 Å². The summed E-state index contributed by atoms with van der Waals surface area (Å²) in [5, 5.41) is 43.3. The number of nitrogens with two attached hydrogens (primary N) is 8. The first kappa shape index (κ1) is 86.6. The summed E-state index contributed by atoms with van der Waals surface area (Å²) < 4.78 is 0. The molecule has 14 amide bonds. The molecular weight excluding hydrogens is 1340 g/mol. The number of guanidine groups is 2. The Labute approximate surface area is 597 Å². The van der Waals surface area contributed by atoms with Crippen LogP contribution in [0, 0.1) is 0 Å². The van der Waals surface area contributed by atoms with Crippen LogP contribution in [0.25, 0.3) is 0 Å². The molecule has 0 spiro atoms. The van der Waals surface area contributed by atoms with Crippen LogP contribution < -0.4 is 115 Å². The van der Waals surface area contributed by atoms with Crippen molar-refractivity contribution in [3.05, 3.63) is 71.8 Å². The molecule has 30 N–H and O–H groups in total. The van der Waals surface area contributed by atoms with Crippen molar-refractivity contribution >= 4 is 94.6 Å². The number of aliphatic hydroxyl groups is 1. The fourth-order valence-corrected chi connectivity index (χ4v) is 10.3. The highest BCUT2D eigenvalue weighted by Gasteiger charge is 2.36. The SMILES string of the molecule is C[C@H](NC(=O)[C@@H]1CCCCNC(=O)C[C@H](NC(=O)CNC(=O)[C@@H](NC(=O)[C@H](Cc2ccccc2)NC(=O)CNC(=O)CNC(=O)[C@@H](N)Cc2ccccc2)[C@@H](C)O)C(=O)N[C@@H](CCCN=C(N)N)C(=O)N[C@@H](CCCCN)C(=O)N1)C(=O)N[C@@H](CCCN=C(N)N)C(=O)N[C@@H](CCCCN)C(N)=O. The van der Waals surface area contributed by atoms with Gasteiger partial charge >= 0.3 is 0 Å². The average molecular weight is 1450 g/mol. The predicted octanol–water partition coefficient (Wildman–Crippen LogP) is -8.55. The molecule has 2 aromatic carbocycles. The Kier molecular flexibility index (Phi) is 39.9. The fraction of sp³-hybridized carbons (Fsp3) is 0.569. The number of amides is 14. The second-order valence-electron chi connectivity index (χ2n) is 24.6. The van der Waals surface area contributed by atoms with Crippen LogP contribution in [0.2, 0.25) is 0 Å². The lowest BCUT2D eigenvalue weighted by Crippen LogP contribution is -2.60. The molecule has 3 rings (SSSR count). The van der Waals surface area contributed by atoms with E-state index in [1.54, 1.807) is 60.7 Å². The third-order valence-corrected chi connectivity index (χ3v) is 15.9. The van der Waals surface area contributed by atoms with Gasteiger partial charge in [0, 0.05) is 26.1 Å². The largest absolute Gasteiger partial charge is 0.391 e. The molecular formula is C65H105N23O15. The van der Waals surface area contributed by atoms with E-state index in [0.717, 1.165) is 12.5 Å². The van der Waals surface area contributed by atoms with Crippen molar-refractivity contribution in [2.75, 3.05) is 52.4 Å². The quantitative estimate of drug-likeness (QED) is 0.0167. The maximum Gasteiger partial charge on any atom is 0.245 e. The summed E-state index contributed by atoms with van der Waals surface area (Å²) in [4.78, 5) is 199. The van der Waals surface area contributed by atoms with Crippen LogP contribution in [0.5, 0.6) is 0 Å². The normalized spacial score (nSPS) is 17.9. The second kappa shape index (κ2) is 47.5. The highest BCUT2D eigenvalue weighted by Crippen LogP contribution is 2.12. The number of primary amides is 1. The summed E-state index contributed by atoms with van der Waals surface area (Å²) in [7, 11) is 0. The fourth-order valence-electron chi connectivity index (χ4n) is 10.3. The van der Waals surface area contributed by atoms with Crippen LogP contribution in [0.15, 0.2) is 70.6 Å². The van der Waals surface area contributed by atoms with Crippen molar-refractivity contribution in [1.82, 2.24) is 69.1 Å². The molecule has 1 saturated heterocycles. The topological polar surface area (TPSA) is 648 Å². The Morgan fingerprint density at radius 3 is 1.69 bits per heavy atom. The molecule has 0 saturated carbocycles. The van der Waals surface area contributed by atoms with Crippen molar-refractivity contribution in [2.24, 2.45) is 55.9 Å². The molecule has 0 bridgehead atoms. The van der Waals surface area contributed by atoms with E-state index in [9.17, 15) is 72.2 Å². The summed E-state index contributed by atoms with van der Waals surface area (Å²) in [6.45, 7) is 0.809. The highest BCUT2D eigenvalue weighted by molar-refractivity contribution is 6.00. The summed E-state index contributed by atoms with van der Waals surface area (Å²) in [5.41, 5.74) is 46.4. The molecule has 0 unspecified atom stereocenters. The maximum absolute atomic E-state index is 14.4. The van der Waals surface area contributed by atoms with Gasteiger partial charge in [0.2, 0.25) is 82.7 Å². The number of nitrogens with one attached hydrogen (secondary N) is 13. The minimum absolute atomic E-state index is 0.0281. The van der Waals surface area contributed by atoms with Crippen LogP contribution in [-0.2, 0) is 80.0 Å². The van der Waals surface area contributed by atoms with E-state index < -0.39 is 175 Å². The Hall–Kier alpha value is -10.6. The molecule has 2 aromatic rings. The Bertz CT molecular complexity index is 3190. The average Bonchev–Trinajstić information content (AvgIpc) is 1.29. The Balaban J connectivity index is 1.84. The first-order valence-corrected chi connectivity index (χ1v) is 34.1. The van der Waals surface area contributed by atoms with Gasteiger partial charge in [0.25, 0.3) is 0 Å². The Morgan fingerprint density at radius 2 is 1.08 bits per heavy atom. The number of benzene rings is 2. The number of rotatable bonds is 40. The van der Waals surface area contributed by atoms with Gasteiger partial charge in [-0.2, -0.15) is 0 Å². The zero-order valence-corrected chi connectivity index (χ0v) is 58.3. The number of unbranched alkanes of at least 4 members (excludes halogenated alkanes) is 2. The van der Waals surface area contributed by atoms with Crippen LogP contribution >= 0.6 is 0 Å². The number of nitrogens with zero attached hydrogens (tertiary/aromatic N) is 2. The number of aliphatic hydroxyl groups excluding tert-OH is 1. The molecule has 11 atom stereocenters. The van der Waals surface area contributed by atoms with E-state index in [2.05, 4.69) is 79.1 Å². The van der Waals surface area contributed by atoms with Gasteiger partial charge in [0.1, 0.15) is 54.4 Å². The number of hydrogen-bond acceptors (Lipinski definition) is 20. The van der Waals surface area contributed by atoms with E-state index in [4.69, 9.17) is 45.9 Å². The van der Waals surface area contributed by atoms with Crippen molar-refractivity contribution in [1.29, 1.82) is 0 Å². The first-order valence-electron chi connectivity index (χ1n) is 34.1. The third-order valence-electron chi connectivity index (χ3n) is 15.9. The highest BCUT2D eigenvalue weighted by atomic mass is 16.3. The van der Waals surface area contributed by atoms with Crippen LogP contribution in [0.4, 0.5) is 0 Å². The van der Waals surface area contributed by atoms with E-state index >= 15 is 0 Å². The smallest absolute Gasteiger partial charge is 0.245 e. The van der Waals surface area contributed by atoms with Crippen LogP contribution in [0.1, 0.15) is 115 Å². The summed E-state index contributed by atoms with van der Waals surface area (Å²) in [5.74, 6) is -12.9. The van der Waals surface area contributed by atoms with Gasteiger partial charge in [-0.1, -0.05) is 60.7 Å². The van der Waals surface area contributed by atoms with E-state index in [0.29, 0.717) is 31.4 Å². The molecule has 570 valence electrons. The monoisotopic (exact) mass is 1450 g/mol. The lowest BCUT2D eigenvalue weighted by molar-refractivity contribution is -0.136. The van der Waals surface area contributed by atoms with E-state index in [1.165, 1.54) is 6.92 Å². The van der Waals surface area contributed by atoms with Gasteiger partial charge in [-0.3, -0.25) is 77.1 Å².